The number of hydrogen-bond donors (Lipinski definition) is 1. The SMILES string of the molecule is CC1CC(C)CC(C2CCC(C)NC2)C1. The van der Waals surface area contributed by atoms with E-state index in [9.17, 15) is 0 Å². The Hall–Kier alpha value is -0.0400. The van der Waals surface area contributed by atoms with Crippen molar-refractivity contribution in [3.8, 4) is 0 Å². The molecule has 1 aliphatic heterocycles. The Bertz CT molecular complexity index is 184. The summed E-state index contributed by atoms with van der Waals surface area (Å²) in [4.78, 5) is 0. The normalized spacial score (nSPS) is 47.8. The lowest BCUT2D eigenvalue weighted by Gasteiger charge is -2.39. The van der Waals surface area contributed by atoms with Gasteiger partial charge in [0.05, 0.1) is 0 Å². The summed E-state index contributed by atoms with van der Waals surface area (Å²) in [5.41, 5.74) is 0. The zero-order chi connectivity index (χ0) is 10.8. The molecule has 0 spiro atoms. The van der Waals surface area contributed by atoms with Crippen LogP contribution in [-0.2, 0) is 0 Å². The van der Waals surface area contributed by atoms with Crippen molar-refractivity contribution in [1.29, 1.82) is 0 Å². The van der Waals surface area contributed by atoms with Gasteiger partial charge >= 0.3 is 0 Å². The van der Waals surface area contributed by atoms with Crippen molar-refractivity contribution in [3.05, 3.63) is 0 Å². The fraction of sp³-hybridized carbons (Fsp3) is 1.00. The highest BCUT2D eigenvalue weighted by molar-refractivity contribution is 4.84. The van der Waals surface area contributed by atoms with Gasteiger partial charge in [0.2, 0.25) is 0 Å². The molecule has 1 heteroatoms. The molecule has 0 aromatic heterocycles. The highest BCUT2D eigenvalue weighted by atomic mass is 14.9. The van der Waals surface area contributed by atoms with E-state index in [4.69, 9.17) is 0 Å². The molecule has 88 valence electrons. The van der Waals surface area contributed by atoms with Gasteiger partial charge in [-0.25, -0.2) is 0 Å². The van der Waals surface area contributed by atoms with Crippen LogP contribution in [-0.4, -0.2) is 12.6 Å². The van der Waals surface area contributed by atoms with Crippen molar-refractivity contribution in [2.45, 2.75) is 58.9 Å². The van der Waals surface area contributed by atoms with Gasteiger partial charge in [-0.3, -0.25) is 0 Å². The highest BCUT2D eigenvalue weighted by Crippen LogP contribution is 2.39. The molecular weight excluding hydrogens is 182 g/mol. The van der Waals surface area contributed by atoms with E-state index in [0.29, 0.717) is 0 Å². The molecule has 0 aromatic carbocycles. The van der Waals surface area contributed by atoms with Crippen LogP contribution in [0.2, 0.25) is 0 Å². The molecule has 0 aromatic rings. The van der Waals surface area contributed by atoms with Crippen LogP contribution in [0.25, 0.3) is 0 Å². The largest absolute Gasteiger partial charge is 0.314 e. The van der Waals surface area contributed by atoms with Gasteiger partial charge in [-0.15, -0.1) is 0 Å². The molecule has 2 aliphatic rings. The van der Waals surface area contributed by atoms with Gasteiger partial charge in [-0.1, -0.05) is 13.8 Å². The van der Waals surface area contributed by atoms with Gasteiger partial charge in [0.15, 0.2) is 0 Å². The van der Waals surface area contributed by atoms with E-state index in [2.05, 4.69) is 26.1 Å². The third-order valence-electron chi connectivity index (χ3n) is 4.58. The predicted octanol–water partition coefficient (Wildman–Crippen LogP) is 3.45. The van der Waals surface area contributed by atoms with Crippen LogP contribution in [0.15, 0.2) is 0 Å². The third-order valence-corrected chi connectivity index (χ3v) is 4.58. The van der Waals surface area contributed by atoms with Gasteiger partial charge in [-0.2, -0.15) is 0 Å². The maximum absolute atomic E-state index is 3.66. The second kappa shape index (κ2) is 4.86. The summed E-state index contributed by atoms with van der Waals surface area (Å²) in [6.07, 6.45) is 7.31. The topological polar surface area (TPSA) is 12.0 Å². The van der Waals surface area contributed by atoms with E-state index in [1.54, 1.807) is 0 Å². The first-order chi connectivity index (χ1) is 7.15. The Morgan fingerprint density at radius 3 is 2.00 bits per heavy atom. The summed E-state index contributed by atoms with van der Waals surface area (Å²) in [6.45, 7) is 8.50. The van der Waals surface area contributed by atoms with Crippen molar-refractivity contribution >= 4 is 0 Å². The zero-order valence-electron chi connectivity index (χ0n) is 10.6. The second-order valence-corrected chi connectivity index (χ2v) is 6.32. The van der Waals surface area contributed by atoms with Crippen LogP contribution >= 0.6 is 0 Å². The lowest BCUT2D eigenvalue weighted by molar-refractivity contribution is 0.132. The number of hydrogen-bond acceptors (Lipinski definition) is 1. The van der Waals surface area contributed by atoms with Crippen LogP contribution in [0.1, 0.15) is 52.9 Å². The molecule has 1 aliphatic carbocycles. The zero-order valence-corrected chi connectivity index (χ0v) is 10.6. The Balaban J connectivity index is 1.87. The van der Waals surface area contributed by atoms with Crippen LogP contribution in [0.4, 0.5) is 0 Å². The lowest BCUT2D eigenvalue weighted by Crippen LogP contribution is -2.41. The molecule has 0 radical (unpaired) electrons. The Labute approximate surface area is 95.0 Å². The smallest absolute Gasteiger partial charge is 0.00389 e. The molecule has 1 N–H and O–H groups in total. The van der Waals surface area contributed by atoms with Crippen molar-refractivity contribution in [3.63, 3.8) is 0 Å². The van der Waals surface area contributed by atoms with Gasteiger partial charge in [0, 0.05) is 6.04 Å². The molecule has 2 rings (SSSR count). The minimum atomic E-state index is 0.764. The summed E-state index contributed by atoms with van der Waals surface area (Å²) in [5, 5.41) is 3.66. The molecule has 4 atom stereocenters. The molecule has 0 amide bonds. The maximum atomic E-state index is 3.66. The summed E-state index contributed by atoms with van der Waals surface area (Å²) in [6, 6.07) is 0.764. The summed E-state index contributed by atoms with van der Waals surface area (Å²) in [7, 11) is 0. The van der Waals surface area contributed by atoms with Crippen molar-refractivity contribution in [1.82, 2.24) is 5.32 Å². The Morgan fingerprint density at radius 2 is 1.47 bits per heavy atom. The minimum absolute atomic E-state index is 0.764. The standard InChI is InChI=1S/C14H27N/c1-10-6-11(2)8-14(7-10)13-5-4-12(3)15-9-13/h10-15H,4-9H2,1-3H3. The van der Waals surface area contributed by atoms with Gasteiger partial charge in [-0.05, 0) is 69.2 Å². The van der Waals surface area contributed by atoms with Crippen LogP contribution < -0.4 is 5.32 Å². The second-order valence-electron chi connectivity index (χ2n) is 6.32. The molecule has 1 nitrogen and oxygen atoms in total. The predicted molar refractivity (Wildman–Crippen MR) is 65.9 cm³/mol. The van der Waals surface area contributed by atoms with E-state index < -0.39 is 0 Å². The van der Waals surface area contributed by atoms with Gasteiger partial charge in [0.25, 0.3) is 0 Å². The van der Waals surface area contributed by atoms with E-state index in [1.165, 1.54) is 38.6 Å². The van der Waals surface area contributed by atoms with Crippen molar-refractivity contribution in [2.75, 3.05) is 6.54 Å². The number of nitrogens with one attached hydrogen (secondary N) is 1. The van der Waals surface area contributed by atoms with Crippen LogP contribution in [0.5, 0.6) is 0 Å². The Kier molecular flexibility index (Phi) is 3.71. The average Bonchev–Trinajstić information content (AvgIpc) is 2.17. The van der Waals surface area contributed by atoms with Gasteiger partial charge in [0.1, 0.15) is 0 Å². The first kappa shape index (κ1) is 11.4. The number of rotatable bonds is 1. The first-order valence-electron chi connectivity index (χ1n) is 6.88. The quantitative estimate of drug-likeness (QED) is 0.697. The highest BCUT2D eigenvalue weighted by Gasteiger charge is 2.31. The Morgan fingerprint density at radius 1 is 0.800 bits per heavy atom. The molecule has 1 heterocycles. The molecule has 0 bridgehead atoms. The summed E-state index contributed by atoms with van der Waals surface area (Å²) in [5.74, 6) is 3.94. The monoisotopic (exact) mass is 209 g/mol. The molecule has 1 saturated heterocycles. The molecule has 4 unspecified atom stereocenters. The summed E-state index contributed by atoms with van der Waals surface area (Å²) >= 11 is 0. The maximum Gasteiger partial charge on any atom is 0.00389 e. The lowest BCUT2D eigenvalue weighted by atomic mass is 9.69. The number of piperidine rings is 1. The van der Waals surface area contributed by atoms with E-state index in [0.717, 1.165) is 29.7 Å². The first-order valence-corrected chi connectivity index (χ1v) is 6.88. The molecular formula is C14H27N. The fourth-order valence-electron chi connectivity index (χ4n) is 3.82. The van der Waals surface area contributed by atoms with Crippen LogP contribution in [0.3, 0.4) is 0 Å². The van der Waals surface area contributed by atoms with Gasteiger partial charge < -0.3 is 5.32 Å². The van der Waals surface area contributed by atoms with Crippen molar-refractivity contribution in [2.24, 2.45) is 23.7 Å². The minimum Gasteiger partial charge on any atom is -0.314 e. The van der Waals surface area contributed by atoms with E-state index in [1.807, 2.05) is 0 Å². The van der Waals surface area contributed by atoms with Crippen LogP contribution in [0, 0.1) is 23.7 Å². The third kappa shape index (κ3) is 2.96. The average molecular weight is 209 g/mol. The fourth-order valence-corrected chi connectivity index (χ4v) is 3.82. The van der Waals surface area contributed by atoms with E-state index in [-0.39, 0.29) is 0 Å². The van der Waals surface area contributed by atoms with E-state index >= 15 is 0 Å². The van der Waals surface area contributed by atoms with Crippen molar-refractivity contribution < 1.29 is 0 Å². The molecule has 15 heavy (non-hydrogen) atoms. The summed E-state index contributed by atoms with van der Waals surface area (Å²) < 4.78 is 0. The molecule has 1 saturated carbocycles. The molecule has 2 fully saturated rings.